The van der Waals surface area contributed by atoms with E-state index < -0.39 is 15.7 Å². The summed E-state index contributed by atoms with van der Waals surface area (Å²) in [5.74, 6) is -0.182. The van der Waals surface area contributed by atoms with Crippen molar-refractivity contribution in [2.24, 2.45) is 5.92 Å². The van der Waals surface area contributed by atoms with Gasteiger partial charge in [0.15, 0.2) is 17.5 Å². The summed E-state index contributed by atoms with van der Waals surface area (Å²) in [7, 11) is -3.40. The molecule has 1 amide bonds. The molecule has 4 rings (SSSR count). The Morgan fingerprint density at radius 1 is 1.18 bits per heavy atom. The molecule has 2 aromatic rings. The zero-order chi connectivity index (χ0) is 23.6. The van der Waals surface area contributed by atoms with Crippen LogP contribution >= 0.6 is 0 Å². The smallest absolute Gasteiger partial charge is 0.410 e. The van der Waals surface area contributed by atoms with Crippen molar-refractivity contribution in [3.8, 4) is 22.6 Å². The van der Waals surface area contributed by atoms with Gasteiger partial charge < -0.3 is 19.1 Å². The first-order valence-electron chi connectivity index (χ1n) is 11.1. The van der Waals surface area contributed by atoms with E-state index in [9.17, 15) is 17.6 Å². The number of nitrogens with zero attached hydrogens (tertiary/aromatic N) is 1. The van der Waals surface area contributed by atoms with E-state index in [1.54, 1.807) is 29.2 Å². The molecule has 1 saturated heterocycles. The third-order valence-electron chi connectivity index (χ3n) is 6.14. The van der Waals surface area contributed by atoms with Crippen LogP contribution in [0.3, 0.4) is 0 Å². The Kier molecular flexibility index (Phi) is 6.78. The number of hydrogen-bond donors (Lipinski definition) is 0. The van der Waals surface area contributed by atoms with Gasteiger partial charge in [-0.1, -0.05) is 19.1 Å². The molecule has 0 aromatic heterocycles. The first-order chi connectivity index (χ1) is 15.8. The fourth-order valence-corrected chi connectivity index (χ4v) is 4.99. The molecule has 0 N–H and O–H groups in total. The normalized spacial score (nSPS) is 18.3. The maximum atomic E-state index is 14.7. The molecule has 0 aliphatic carbocycles. The summed E-state index contributed by atoms with van der Waals surface area (Å²) in [5.41, 5.74) is 1.26. The highest BCUT2D eigenvalue weighted by Crippen LogP contribution is 2.36. The fourth-order valence-electron chi connectivity index (χ4n) is 3.88. The summed E-state index contributed by atoms with van der Waals surface area (Å²) in [6.07, 6.45) is 1.95. The molecular weight excluding hydrogens is 449 g/mol. The maximum Gasteiger partial charge on any atom is 0.410 e. The zero-order valence-corrected chi connectivity index (χ0v) is 19.6. The van der Waals surface area contributed by atoms with Gasteiger partial charge in [0, 0.05) is 13.1 Å². The van der Waals surface area contributed by atoms with Crippen LogP contribution in [0.15, 0.2) is 41.3 Å². The number of rotatable bonds is 6. The van der Waals surface area contributed by atoms with Crippen LogP contribution in [-0.4, -0.2) is 51.2 Å². The van der Waals surface area contributed by atoms with E-state index in [1.165, 1.54) is 12.1 Å². The van der Waals surface area contributed by atoms with Crippen LogP contribution in [-0.2, 0) is 14.6 Å². The van der Waals surface area contributed by atoms with E-state index in [1.807, 2.05) is 13.8 Å². The number of hydrogen-bond acceptors (Lipinski definition) is 6. The minimum absolute atomic E-state index is 0.0955. The van der Waals surface area contributed by atoms with Crippen molar-refractivity contribution < 1.29 is 31.8 Å². The van der Waals surface area contributed by atoms with Crippen molar-refractivity contribution in [3.63, 3.8) is 0 Å². The Morgan fingerprint density at radius 2 is 1.88 bits per heavy atom. The molecule has 0 radical (unpaired) electrons. The molecule has 2 aliphatic rings. The number of amides is 1. The molecule has 2 aromatic carbocycles. The summed E-state index contributed by atoms with van der Waals surface area (Å²) >= 11 is 0. The van der Waals surface area contributed by atoms with E-state index in [-0.39, 0.29) is 40.4 Å². The average molecular weight is 478 g/mol. The number of carbonyl (C=O) groups excluding carboxylic acids is 1. The number of benzene rings is 2. The Hall–Kier alpha value is -2.81. The lowest BCUT2D eigenvalue weighted by Crippen LogP contribution is -2.41. The predicted molar refractivity (Wildman–Crippen MR) is 121 cm³/mol. The van der Waals surface area contributed by atoms with Crippen LogP contribution < -0.4 is 9.47 Å². The predicted octanol–water partition coefficient (Wildman–Crippen LogP) is 4.64. The van der Waals surface area contributed by atoms with Crippen molar-refractivity contribution in [2.75, 3.05) is 25.6 Å². The van der Waals surface area contributed by atoms with Crippen molar-refractivity contribution in [1.29, 1.82) is 0 Å². The van der Waals surface area contributed by atoms with Gasteiger partial charge in [-0.25, -0.2) is 17.6 Å². The summed E-state index contributed by atoms with van der Waals surface area (Å²) in [4.78, 5) is 14.0. The van der Waals surface area contributed by atoms with Gasteiger partial charge in [0.25, 0.3) is 0 Å². The molecule has 1 fully saturated rings. The standard InChI is InChI=1S/C24H28FNO6S/c1-3-16(2)32-24(27)26-10-8-17(9-11-26)14-30-21-6-4-18(12-20(21)25)19-5-7-23-22(13-19)31-15-33(23,28)29/h4-7,12-13,16-17H,3,8-11,14-15H2,1-2H3/t16-/m1/s1. The number of fused-ring (bicyclic) bond motifs is 1. The Bertz CT molecular complexity index is 1130. The van der Waals surface area contributed by atoms with E-state index in [2.05, 4.69) is 0 Å². The van der Waals surface area contributed by atoms with Gasteiger partial charge in [0.1, 0.15) is 16.7 Å². The largest absolute Gasteiger partial charge is 0.490 e. The van der Waals surface area contributed by atoms with E-state index >= 15 is 0 Å². The van der Waals surface area contributed by atoms with Crippen LogP contribution in [0, 0.1) is 11.7 Å². The fraction of sp³-hybridized carbons (Fsp3) is 0.458. The maximum absolute atomic E-state index is 14.7. The molecule has 2 aliphatic heterocycles. The number of likely N-dealkylation sites (tertiary alicyclic amines) is 1. The lowest BCUT2D eigenvalue weighted by Gasteiger charge is -2.31. The monoisotopic (exact) mass is 477 g/mol. The highest BCUT2D eigenvalue weighted by Gasteiger charge is 2.28. The number of halogens is 1. The molecule has 7 nitrogen and oxygen atoms in total. The molecule has 0 saturated carbocycles. The number of sulfone groups is 1. The van der Waals surface area contributed by atoms with Crippen LogP contribution in [0.2, 0.25) is 0 Å². The van der Waals surface area contributed by atoms with Crippen LogP contribution in [0.5, 0.6) is 11.5 Å². The SMILES string of the molecule is CC[C@@H](C)OC(=O)N1CCC(COc2ccc(-c3ccc4c(c3)OCS4(=O)=O)cc2F)CC1. The minimum Gasteiger partial charge on any atom is -0.490 e. The highest BCUT2D eigenvalue weighted by molar-refractivity contribution is 7.91. The molecule has 0 spiro atoms. The van der Waals surface area contributed by atoms with Gasteiger partial charge in [-0.2, -0.15) is 0 Å². The second-order valence-electron chi connectivity index (χ2n) is 8.53. The number of ether oxygens (including phenoxy) is 3. The van der Waals surface area contributed by atoms with Crippen molar-refractivity contribution in [3.05, 3.63) is 42.2 Å². The van der Waals surface area contributed by atoms with E-state index in [0.29, 0.717) is 30.8 Å². The second-order valence-corrected chi connectivity index (χ2v) is 10.4. The van der Waals surface area contributed by atoms with E-state index in [4.69, 9.17) is 14.2 Å². The van der Waals surface area contributed by atoms with Crippen LogP contribution in [0.4, 0.5) is 9.18 Å². The molecule has 33 heavy (non-hydrogen) atoms. The van der Waals surface area contributed by atoms with Gasteiger partial charge in [-0.15, -0.1) is 0 Å². The van der Waals surface area contributed by atoms with Gasteiger partial charge in [0.2, 0.25) is 9.84 Å². The van der Waals surface area contributed by atoms with Gasteiger partial charge in [-0.3, -0.25) is 0 Å². The minimum atomic E-state index is -3.40. The highest BCUT2D eigenvalue weighted by atomic mass is 32.2. The first kappa shape index (κ1) is 23.4. The molecule has 2 heterocycles. The van der Waals surface area contributed by atoms with E-state index in [0.717, 1.165) is 19.3 Å². The Balaban J connectivity index is 1.32. The lowest BCUT2D eigenvalue weighted by atomic mass is 9.98. The van der Waals surface area contributed by atoms with Crippen molar-refractivity contribution in [1.82, 2.24) is 4.90 Å². The quantitative estimate of drug-likeness (QED) is 0.603. The Morgan fingerprint density at radius 3 is 2.58 bits per heavy atom. The molecule has 178 valence electrons. The van der Waals surface area contributed by atoms with Crippen LogP contribution in [0.1, 0.15) is 33.1 Å². The van der Waals surface area contributed by atoms with Gasteiger partial charge in [-0.05, 0) is 67.5 Å². The third kappa shape index (κ3) is 5.24. The average Bonchev–Trinajstić information content (AvgIpc) is 3.12. The topological polar surface area (TPSA) is 82.1 Å². The molecule has 1 atom stereocenters. The summed E-state index contributed by atoms with van der Waals surface area (Å²) in [6, 6.07) is 9.41. The van der Waals surface area contributed by atoms with Crippen molar-refractivity contribution >= 4 is 15.9 Å². The number of carbonyl (C=O) groups is 1. The van der Waals surface area contributed by atoms with Crippen molar-refractivity contribution in [2.45, 2.75) is 44.1 Å². The van der Waals surface area contributed by atoms with Crippen LogP contribution in [0.25, 0.3) is 11.1 Å². The number of piperidine rings is 1. The van der Waals surface area contributed by atoms with Gasteiger partial charge in [0.05, 0.1) is 6.61 Å². The molecule has 9 heteroatoms. The lowest BCUT2D eigenvalue weighted by molar-refractivity contribution is 0.0539. The van der Waals surface area contributed by atoms with Gasteiger partial charge >= 0.3 is 6.09 Å². The first-order valence-corrected chi connectivity index (χ1v) is 12.8. The summed E-state index contributed by atoms with van der Waals surface area (Å²) in [6.45, 7) is 5.41. The third-order valence-corrected chi connectivity index (χ3v) is 7.57. The zero-order valence-electron chi connectivity index (χ0n) is 18.8. The molecular formula is C24H28FNO6S. The molecule has 0 bridgehead atoms. The summed E-state index contributed by atoms with van der Waals surface area (Å²) in [5, 5.41) is 0. The Labute approximate surface area is 193 Å². The second kappa shape index (κ2) is 9.59. The summed E-state index contributed by atoms with van der Waals surface area (Å²) < 4.78 is 54.8. The molecule has 0 unspecified atom stereocenters.